The second kappa shape index (κ2) is 5.79. The molecule has 0 aliphatic carbocycles. The third-order valence-corrected chi connectivity index (χ3v) is 3.03. The lowest BCUT2D eigenvalue weighted by molar-refractivity contribution is 0.0996. The summed E-state index contributed by atoms with van der Waals surface area (Å²) in [6, 6.07) is 5.79. The first-order valence-electron chi connectivity index (χ1n) is 5.30. The predicted octanol–water partition coefficient (Wildman–Crippen LogP) is 4.00. The molecule has 0 radical (unpaired) electrons. The Bertz CT molecular complexity index is 748. The van der Waals surface area contributed by atoms with Crippen molar-refractivity contribution in [3.8, 4) is 0 Å². The second-order valence-corrected chi connectivity index (χ2v) is 4.59. The Morgan fingerprint density at radius 1 is 1.25 bits per heavy atom. The van der Waals surface area contributed by atoms with E-state index >= 15 is 0 Å². The number of aromatic amines is 1. The van der Waals surface area contributed by atoms with Gasteiger partial charge in [0, 0.05) is 27.3 Å². The first-order chi connectivity index (χ1) is 9.52. The van der Waals surface area contributed by atoms with Crippen molar-refractivity contribution in [1.29, 1.82) is 0 Å². The van der Waals surface area contributed by atoms with Crippen LogP contribution >= 0.6 is 23.2 Å². The summed E-state index contributed by atoms with van der Waals surface area (Å²) in [5.41, 5.74) is 8.69. The molecule has 2 aromatic rings. The molecule has 0 saturated carbocycles. The molecule has 0 aliphatic rings. The van der Waals surface area contributed by atoms with E-state index in [1.54, 1.807) is 6.07 Å². The third kappa shape index (κ3) is 2.83. The van der Waals surface area contributed by atoms with Gasteiger partial charge in [-0.3, -0.25) is 9.59 Å². The van der Waals surface area contributed by atoms with E-state index in [0.717, 1.165) is 0 Å². The standard InChI is InChI=1S/C12H6Cl2N4O2/c13-7-1-2-8(9(14)4-7)11(19)6-3-10(16-5-6)12(20)17-18-15/h1-5,16H. The minimum Gasteiger partial charge on any atom is -0.358 e. The molecule has 1 aromatic carbocycles. The molecule has 1 N–H and O–H groups in total. The molecule has 0 fully saturated rings. The summed E-state index contributed by atoms with van der Waals surface area (Å²) in [4.78, 5) is 28.5. The summed E-state index contributed by atoms with van der Waals surface area (Å²) in [5, 5.41) is 3.56. The summed E-state index contributed by atoms with van der Waals surface area (Å²) in [7, 11) is 0. The molecule has 100 valence electrons. The number of H-pyrrole nitrogens is 1. The first kappa shape index (κ1) is 14.1. The van der Waals surface area contributed by atoms with Gasteiger partial charge < -0.3 is 4.98 Å². The normalized spacial score (nSPS) is 9.90. The lowest BCUT2D eigenvalue weighted by Gasteiger charge is -2.01. The number of nitrogens with one attached hydrogen (secondary N) is 1. The predicted molar refractivity (Wildman–Crippen MR) is 74.2 cm³/mol. The number of azide groups is 1. The second-order valence-electron chi connectivity index (χ2n) is 3.75. The maximum absolute atomic E-state index is 12.2. The van der Waals surface area contributed by atoms with Crippen molar-refractivity contribution in [2.45, 2.75) is 0 Å². The van der Waals surface area contributed by atoms with Crippen molar-refractivity contribution in [3.05, 3.63) is 67.8 Å². The zero-order valence-electron chi connectivity index (χ0n) is 9.80. The van der Waals surface area contributed by atoms with Gasteiger partial charge in [-0.2, -0.15) is 0 Å². The molecule has 0 unspecified atom stereocenters. The van der Waals surface area contributed by atoms with Gasteiger partial charge in [0.2, 0.25) is 0 Å². The van der Waals surface area contributed by atoms with Gasteiger partial charge >= 0.3 is 0 Å². The van der Waals surface area contributed by atoms with Crippen LogP contribution in [0.5, 0.6) is 0 Å². The van der Waals surface area contributed by atoms with Crippen LogP contribution in [-0.2, 0) is 0 Å². The first-order valence-corrected chi connectivity index (χ1v) is 6.06. The van der Waals surface area contributed by atoms with Gasteiger partial charge in [0.15, 0.2) is 5.78 Å². The van der Waals surface area contributed by atoms with Crippen LogP contribution < -0.4 is 0 Å². The summed E-state index contributed by atoms with van der Waals surface area (Å²) in [6.07, 6.45) is 1.34. The quantitative estimate of drug-likeness (QED) is 0.401. The van der Waals surface area contributed by atoms with Crippen molar-refractivity contribution in [1.82, 2.24) is 4.98 Å². The number of amides is 1. The van der Waals surface area contributed by atoms with Crippen LogP contribution in [0.1, 0.15) is 26.4 Å². The maximum Gasteiger partial charge on any atom is 0.265 e. The summed E-state index contributed by atoms with van der Waals surface area (Å²) >= 11 is 11.7. The highest BCUT2D eigenvalue weighted by atomic mass is 35.5. The van der Waals surface area contributed by atoms with E-state index in [2.05, 4.69) is 15.0 Å². The Labute approximate surface area is 122 Å². The Hall–Kier alpha value is -2.27. The van der Waals surface area contributed by atoms with Gasteiger partial charge in [0.05, 0.1) is 10.7 Å². The third-order valence-electron chi connectivity index (χ3n) is 2.49. The average molecular weight is 309 g/mol. The number of ketones is 1. The Morgan fingerprint density at radius 3 is 2.65 bits per heavy atom. The molecule has 0 aliphatic heterocycles. The van der Waals surface area contributed by atoms with Gasteiger partial charge in [0.1, 0.15) is 0 Å². The largest absolute Gasteiger partial charge is 0.358 e. The number of hydrogen-bond donors (Lipinski definition) is 1. The number of carbonyl (C=O) groups is 2. The van der Waals surface area contributed by atoms with Crippen molar-refractivity contribution in [2.75, 3.05) is 0 Å². The van der Waals surface area contributed by atoms with E-state index in [-0.39, 0.29) is 27.6 Å². The lowest BCUT2D eigenvalue weighted by Crippen LogP contribution is -2.00. The van der Waals surface area contributed by atoms with E-state index < -0.39 is 5.91 Å². The number of halogens is 2. The van der Waals surface area contributed by atoms with Gasteiger partial charge in [-0.1, -0.05) is 23.2 Å². The fraction of sp³-hybridized carbons (Fsp3) is 0. The van der Waals surface area contributed by atoms with Crippen LogP contribution in [0.3, 0.4) is 0 Å². The molecular formula is C12H6Cl2N4O2. The molecule has 6 nitrogen and oxygen atoms in total. The number of nitrogens with zero attached hydrogens (tertiary/aromatic N) is 3. The molecule has 0 bridgehead atoms. The summed E-state index contributed by atoms with van der Waals surface area (Å²) in [5.74, 6) is -1.17. The number of carbonyl (C=O) groups excluding carboxylic acids is 2. The van der Waals surface area contributed by atoms with E-state index in [1.807, 2.05) is 0 Å². The van der Waals surface area contributed by atoms with Crippen molar-refractivity contribution in [2.24, 2.45) is 5.11 Å². The molecule has 0 spiro atoms. The van der Waals surface area contributed by atoms with Crippen LogP contribution in [0.25, 0.3) is 10.4 Å². The number of rotatable bonds is 3. The fourth-order valence-electron chi connectivity index (χ4n) is 1.57. The van der Waals surface area contributed by atoms with E-state index in [4.69, 9.17) is 28.7 Å². The highest BCUT2D eigenvalue weighted by Gasteiger charge is 2.16. The highest BCUT2D eigenvalue weighted by molar-refractivity contribution is 6.37. The number of aromatic nitrogens is 1. The van der Waals surface area contributed by atoms with Crippen LogP contribution in [0, 0.1) is 0 Å². The van der Waals surface area contributed by atoms with Gasteiger partial charge in [-0.25, -0.2) is 0 Å². The zero-order valence-corrected chi connectivity index (χ0v) is 11.3. The van der Waals surface area contributed by atoms with E-state index in [1.165, 1.54) is 24.4 Å². The highest BCUT2D eigenvalue weighted by Crippen LogP contribution is 2.23. The van der Waals surface area contributed by atoms with Crippen molar-refractivity contribution >= 4 is 34.9 Å². The molecule has 0 saturated heterocycles. The minimum absolute atomic E-state index is 0.0243. The molecular weight excluding hydrogens is 303 g/mol. The van der Waals surface area contributed by atoms with Crippen molar-refractivity contribution in [3.63, 3.8) is 0 Å². The van der Waals surface area contributed by atoms with Crippen molar-refractivity contribution < 1.29 is 9.59 Å². The Balaban J connectivity index is 2.34. The maximum atomic E-state index is 12.2. The minimum atomic E-state index is -0.797. The van der Waals surface area contributed by atoms with Crippen LogP contribution in [0.4, 0.5) is 0 Å². The average Bonchev–Trinajstić information content (AvgIpc) is 2.88. The van der Waals surface area contributed by atoms with Gasteiger partial charge in [0.25, 0.3) is 5.91 Å². The van der Waals surface area contributed by atoms with Crippen LogP contribution in [0.2, 0.25) is 10.0 Å². The zero-order chi connectivity index (χ0) is 14.7. The van der Waals surface area contributed by atoms with Gasteiger partial charge in [-0.15, -0.1) is 0 Å². The lowest BCUT2D eigenvalue weighted by atomic mass is 10.1. The van der Waals surface area contributed by atoms with Crippen LogP contribution in [0.15, 0.2) is 35.6 Å². The number of hydrogen-bond acceptors (Lipinski definition) is 2. The topological polar surface area (TPSA) is 98.7 Å². The molecule has 20 heavy (non-hydrogen) atoms. The fourth-order valence-corrected chi connectivity index (χ4v) is 2.07. The summed E-state index contributed by atoms with van der Waals surface area (Å²) in [6.45, 7) is 0. The van der Waals surface area contributed by atoms with E-state index in [0.29, 0.717) is 5.02 Å². The molecule has 1 aromatic heterocycles. The van der Waals surface area contributed by atoms with Crippen LogP contribution in [-0.4, -0.2) is 16.7 Å². The molecule has 1 heterocycles. The molecule has 8 heteroatoms. The molecule has 1 amide bonds. The van der Waals surface area contributed by atoms with E-state index in [9.17, 15) is 9.59 Å². The smallest absolute Gasteiger partial charge is 0.265 e. The number of benzene rings is 1. The monoisotopic (exact) mass is 308 g/mol. The molecule has 2 rings (SSSR count). The Morgan fingerprint density at radius 2 is 2.00 bits per heavy atom. The summed E-state index contributed by atoms with van der Waals surface area (Å²) < 4.78 is 0. The SMILES string of the molecule is [N-]=[N+]=NC(=O)c1cc(C(=O)c2ccc(Cl)cc2Cl)c[nH]1. The molecule has 0 atom stereocenters. The van der Waals surface area contributed by atoms with Gasteiger partial charge in [-0.05, 0) is 34.9 Å². The Kier molecular flexibility index (Phi) is 4.10.